The van der Waals surface area contributed by atoms with E-state index in [0.29, 0.717) is 0 Å². The van der Waals surface area contributed by atoms with Crippen molar-refractivity contribution in [2.75, 3.05) is 18.4 Å². The molecular formula is C21H26N2OS. The number of anilines is 1. The zero-order valence-corrected chi connectivity index (χ0v) is 15.7. The van der Waals surface area contributed by atoms with Gasteiger partial charge in [0.1, 0.15) is 0 Å². The molecule has 1 saturated heterocycles. The number of amides is 1. The molecule has 3 nitrogen and oxygen atoms in total. The van der Waals surface area contributed by atoms with Gasteiger partial charge in [0.15, 0.2) is 0 Å². The fraction of sp³-hybridized carbons (Fsp3) is 0.476. The highest BCUT2D eigenvalue weighted by Gasteiger charge is 2.21. The van der Waals surface area contributed by atoms with Gasteiger partial charge in [-0.25, -0.2) is 0 Å². The van der Waals surface area contributed by atoms with Crippen molar-refractivity contribution in [3.8, 4) is 0 Å². The molecule has 1 unspecified atom stereocenters. The molecular weight excluding hydrogens is 328 g/mol. The van der Waals surface area contributed by atoms with Crippen LogP contribution in [0.5, 0.6) is 0 Å². The van der Waals surface area contributed by atoms with E-state index in [4.69, 9.17) is 0 Å². The van der Waals surface area contributed by atoms with Gasteiger partial charge >= 0.3 is 0 Å². The molecule has 1 atom stereocenters. The summed E-state index contributed by atoms with van der Waals surface area (Å²) in [6, 6.07) is 10.3. The fourth-order valence-electron chi connectivity index (χ4n) is 3.96. The molecule has 1 aromatic heterocycles. The van der Waals surface area contributed by atoms with E-state index in [-0.39, 0.29) is 5.91 Å². The van der Waals surface area contributed by atoms with E-state index in [1.54, 1.807) is 11.3 Å². The van der Waals surface area contributed by atoms with E-state index in [2.05, 4.69) is 35.3 Å². The first-order chi connectivity index (χ1) is 12.2. The van der Waals surface area contributed by atoms with Gasteiger partial charge in [0.05, 0.1) is 4.88 Å². The third-order valence-electron chi connectivity index (χ3n) is 5.41. The number of fused-ring (bicyclic) bond motifs is 1. The number of thiophene rings is 1. The zero-order valence-electron chi connectivity index (χ0n) is 14.9. The molecule has 25 heavy (non-hydrogen) atoms. The molecule has 1 amide bonds. The van der Waals surface area contributed by atoms with Crippen molar-refractivity contribution in [1.82, 2.24) is 4.90 Å². The Balaban J connectivity index is 1.49. The molecule has 1 N–H and O–H groups in total. The Hall–Kier alpha value is -1.65. The molecule has 1 aliphatic heterocycles. The standard InChI is InChI=1S/C21H26N2OS/c1-15-8-9-19-17(12-15)13-20(25-19)21(24)22-18-7-3-2-6-16(18)14-23-10-4-5-11-23/h2-3,6-7,13,15H,4-5,8-12,14H2,1H3,(H,22,24). The number of carbonyl (C=O) groups excluding carboxylic acids is 1. The van der Waals surface area contributed by atoms with E-state index in [1.807, 2.05) is 12.1 Å². The topological polar surface area (TPSA) is 32.3 Å². The summed E-state index contributed by atoms with van der Waals surface area (Å²) >= 11 is 1.68. The van der Waals surface area contributed by atoms with Crippen LogP contribution in [0.4, 0.5) is 5.69 Å². The summed E-state index contributed by atoms with van der Waals surface area (Å²) in [4.78, 5) is 17.5. The van der Waals surface area contributed by atoms with Crippen LogP contribution in [0.15, 0.2) is 30.3 Å². The molecule has 0 saturated carbocycles. The number of nitrogens with zero attached hydrogens (tertiary/aromatic N) is 1. The number of hydrogen-bond donors (Lipinski definition) is 1. The molecule has 132 valence electrons. The zero-order chi connectivity index (χ0) is 17.2. The van der Waals surface area contributed by atoms with Crippen LogP contribution in [0.2, 0.25) is 0 Å². The average Bonchev–Trinajstić information content (AvgIpc) is 3.25. The number of likely N-dealkylation sites (tertiary alicyclic amines) is 1. The second kappa shape index (κ2) is 7.30. The van der Waals surface area contributed by atoms with Crippen LogP contribution in [0, 0.1) is 5.92 Å². The largest absolute Gasteiger partial charge is 0.321 e. The minimum atomic E-state index is 0.0425. The normalized spacial score (nSPS) is 20.4. The average molecular weight is 355 g/mol. The predicted octanol–water partition coefficient (Wildman–Crippen LogP) is 4.72. The lowest BCUT2D eigenvalue weighted by Gasteiger charge is -2.17. The van der Waals surface area contributed by atoms with Gasteiger partial charge in [0.2, 0.25) is 0 Å². The SMILES string of the molecule is CC1CCc2sc(C(=O)Nc3ccccc3CN3CCCC3)cc2C1. The highest BCUT2D eigenvalue weighted by Crippen LogP contribution is 2.32. The van der Waals surface area contributed by atoms with Gasteiger partial charge in [-0.2, -0.15) is 0 Å². The Labute approximate surface area is 154 Å². The molecule has 1 fully saturated rings. The number of aryl methyl sites for hydroxylation is 1. The van der Waals surface area contributed by atoms with E-state index >= 15 is 0 Å². The van der Waals surface area contributed by atoms with Crippen molar-refractivity contribution >= 4 is 22.9 Å². The smallest absolute Gasteiger partial charge is 0.265 e. The van der Waals surface area contributed by atoms with Gasteiger partial charge in [-0.1, -0.05) is 25.1 Å². The van der Waals surface area contributed by atoms with Crippen LogP contribution in [0.3, 0.4) is 0 Å². The Bertz CT molecular complexity index is 761. The maximum atomic E-state index is 12.8. The van der Waals surface area contributed by atoms with E-state index in [9.17, 15) is 4.79 Å². The minimum absolute atomic E-state index is 0.0425. The third kappa shape index (κ3) is 3.80. The first-order valence-electron chi connectivity index (χ1n) is 9.42. The molecule has 1 aromatic carbocycles. The minimum Gasteiger partial charge on any atom is -0.321 e. The van der Waals surface area contributed by atoms with Gasteiger partial charge < -0.3 is 5.32 Å². The maximum Gasteiger partial charge on any atom is 0.265 e. The van der Waals surface area contributed by atoms with Crippen molar-refractivity contribution in [3.05, 3.63) is 51.2 Å². The van der Waals surface area contributed by atoms with Crippen LogP contribution in [-0.4, -0.2) is 23.9 Å². The van der Waals surface area contributed by atoms with Crippen molar-refractivity contribution in [3.63, 3.8) is 0 Å². The lowest BCUT2D eigenvalue weighted by molar-refractivity contribution is 0.103. The van der Waals surface area contributed by atoms with Crippen LogP contribution in [-0.2, 0) is 19.4 Å². The van der Waals surface area contributed by atoms with Gasteiger partial charge in [0.25, 0.3) is 5.91 Å². The summed E-state index contributed by atoms with van der Waals surface area (Å²) in [6.07, 6.45) is 6.05. The van der Waals surface area contributed by atoms with Crippen LogP contribution in [0.1, 0.15) is 51.9 Å². The van der Waals surface area contributed by atoms with Crippen LogP contribution >= 0.6 is 11.3 Å². The Morgan fingerprint density at radius 2 is 2.08 bits per heavy atom. The number of hydrogen-bond acceptors (Lipinski definition) is 3. The number of nitrogens with one attached hydrogen (secondary N) is 1. The molecule has 4 heteroatoms. The van der Waals surface area contributed by atoms with Crippen molar-refractivity contribution < 1.29 is 4.79 Å². The molecule has 4 rings (SSSR count). The predicted molar refractivity (Wildman–Crippen MR) is 104 cm³/mol. The van der Waals surface area contributed by atoms with E-state index < -0.39 is 0 Å². The summed E-state index contributed by atoms with van der Waals surface area (Å²) < 4.78 is 0. The van der Waals surface area contributed by atoms with Crippen molar-refractivity contribution in [1.29, 1.82) is 0 Å². The highest BCUT2D eigenvalue weighted by atomic mass is 32.1. The van der Waals surface area contributed by atoms with Crippen molar-refractivity contribution in [2.24, 2.45) is 5.92 Å². The second-order valence-electron chi connectivity index (χ2n) is 7.50. The monoisotopic (exact) mass is 354 g/mol. The second-order valence-corrected chi connectivity index (χ2v) is 8.64. The number of carbonyl (C=O) groups is 1. The van der Waals surface area contributed by atoms with Gasteiger partial charge in [-0.15, -0.1) is 11.3 Å². The third-order valence-corrected chi connectivity index (χ3v) is 6.65. The van der Waals surface area contributed by atoms with Crippen LogP contribution < -0.4 is 5.32 Å². The van der Waals surface area contributed by atoms with Crippen molar-refractivity contribution in [2.45, 2.75) is 45.6 Å². The quantitative estimate of drug-likeness (QED) is 0.861. The lowest BCUT2D eigenvalue weighted by Crippen LogP contribution is -2.20. The first kappa shape index (κ1) is 16.8. The van der Waals surface area contributed by atoms with Gasteiger partial charge in [-0.3, -0.25) is 9.69 Å². The molecule has 0 radical (unpaired) electrons. The van der Waals surface area contributed by atoms with E-state index in [0.717, 1.165) is 49.0 Å². The molecule has 2 aliphatic rings. The molecule has 0 spiro atoms. The fourth-order valence-corrected chi connectivity index (χ4v) is 5.07. The summed E-state index contributed by atoms with van der Waals surface area (Å²) in [5, 5.41) is 3.17. The number of benzene rings is 1. The summed E-state index contributed by atoms with van der Waals surface area (Å²) in [5.41, 5.74) is 3.56. The van der Waals surface area contributed by atoms with E-state index in [1.165, 1.54) is 35.3 Å². The Morgan fingerprint density at radius 3 is 2.92 bits per heavy atom. The Kier molecular flexibility index (Phi) is 4.91. The number of para-hydroxylation sites is 1. The highest BCUT2D eigenvalue weighted by molar-refractivity contribution is 7.14. The van der Waals surface area contributed by atoms with Gasteiger partial charge in [-0.05, 0) is 74.4 Å². The maximum absolute atomic E-state index is 12.8. The molecule has 2 aromatic rings. The van der Waals surface area contributed by atoms with Crippen LogP contribution in [0.25, 0.3) is 0 Å². The molecule has 2 heterocycles. The Morgan fingerprint density at radius 1 is 1.28 bits per heavy atom. The lowest BCUT2D eigenvalue weighted by atomic mass is 9.90. The summed E-state index contributed by atoms with van der Waals surface area (Å²) in [7, 11) is 0. The summed E-state index contributed by atoms with van der Waals surface area (Å²) in [6.45, 7) is 5.56. The number of rotatable bonds is 4. The molecule has 0 bridgehead atoms. The first-order valence-corrected chi connectivity index (χ1v) is 10.2. The summed E-state index contributed by atoms with van der Waals surface area (Å²) in [5.74, 6) is 0.778. The van der Waals surface area contributed by atoms with Gasteiger partial charge in [0, 0.05) is 17.1 Å². The molecule has 1 aliphatic carbocycles.